The molecule has 0 spiro atoms. The number of aliphatic imine (C=N–C) groups is 1. The molecule has 0 radical (unpaired) electrons. The summed E-state index contributed by atoms with van der Waals surface area (Å²) in [5.41, 5.74) is 4.54. The maximum atomic E-state index is 13.6. The Morgan fingerprint density at radius 3 is 2.52 bits per heavy atom. The minimum Gasteiger partial charge on any atom is -0.483 e. The molecule has 1 saturated heterocycles. The highest BCUT2D eigenvalue weighted by molar-refractivity contribution is 6.34. The van der Waals surface area contributed by atoms with Crippen molar-refractivity contribution in [3.8, 4) is 11.3 Å². The number of piperazine rings is 1. The Labute approximate surface area is 264 Å². The Morgan fingerprint density at radius 1 is 1.24 bits per heavy atom. The van der Waals surface area contributed by atoms with E-state index in [0.717, 1.165) is 17.1 Å². The number of anilines is 1. The number of nitrogens with two attached hydrogens (primary N) is 1. The molecular weight excluding hydrogens is 642 g/mol. The van der Waals surface area contributed by atoms with Crippen molar-refractivity contribution in [2.24, 2.45) is 17.8 Å². The van der Waals surface area contributed by atoms with Crippen LogP contribution >= 0.6 is 11.6 Å². The van der Waals surface area contributed by atoms with Gasteiger partial charge in [0.25, 0.3) is 24.3 Å². The van der Waals surface area contributed by atoms with E-state index in [2.05, 4.69) is 20.4 Å². The van der Waals surface area contributed by atoms with Crippen molar-refractivity contribution in [2.75, 3.05) is 51.3 Å². The van der Waals surface area contributed by atoms with Gasteiger partial charge >= 0.3 is 6.18 Å². The van der Waals surface area contributed by atoms with Crippen molar-refractivity contribution in [1.82, 2.24) is 29.1 Å². The van der Waals surface area contributed by atoms with Gasteiger partial charge in [0.2, 0.25) is 0 Å². The van der Waals surface area contributed by atoms with Gasteiger partial charge in [-0.3, -0.25) is 19.1 Å². The van der Waals surface area contributed by atoms with Crippen molar-refractivity contribution in [3.05, 3.63) is 52.7 Å². The zero-order valence-electron chi connectivity index (χ0n) is 24.4. The van der Waals surface area contributed by atoms with Gasteiger partial charge in [0.15, 0.2) is 11.5 Å². The summed E-state index contributed by atoms with van der Waals surface area (Å²) in [4.78, 5) is 46.6. The maximum Gasteiger partial charge on any atom is 0.435 e. The monoisotopic (exact) mass is 671 g/mol. The number of nitrogens with one attached hydrogen (secondary N) is 1. The Bertz CT molecular complexity index is 1600. The molecule has 0 aliphatic carbocycles. The van der Waals surface area contributed by atoms with Crippen LogP contribution in [-0.4, -0.2) is 111 Å². The lowest BCUT2D eigenvalue weighted by Gasteiger charge is -2.35. The SMILES string of the molecule is Cn1c(-c2cn(CCF)nc2C(F)(F)F)cnc1C(=O)Nc1ccc(C(=O)N2CCN(C3=NC(CN)CO3)CC2)c(Cl)c1.O=CO. The van der Waals surface area contributed by atoms with E-state index in [0.29, 0.717) is 45.4 Å². The third-order valence-electron chi connectivity index (χ3n) is 7.08. The van der Waals surface area contributed by atoms with Gasteiger partial charge in [0.05, 0.1) is 34.6 Å². The number of hydrogen-bond donors (Lipinski definition) is 3. The molecule has 2 aliphatic heterocycles. The molecule has 1 aromatic carbocycles. The fourth-order valence-corrected chi connectivity index (χ4v) is 5.07. The second-order valence-corrected chi connectivity index (χ2v) is 10.4. The van der Waals surface area contributed by atoms with Gasteiger partial charge in [-0.2, -0.15) is 18.3 Å². The molecule has 19 heteroatoms. The van der Waals surface area contributed by atoms with Crippen LogP contribution in [0.15, 0.2) is 35.6 Å². The van der Waals surface area contributed by atoms with E-state index >= 15 is 0 Å². The van der Waals surface area contributed by atoms with E-state index in [9.17, 15) is 27.2 Å². The van der Waals surface area contributed by atoms with Crippen LogP contribution in [-0.2, 0) is 29.3 Å². The Kier molecular flexibility index (Phi) is 10.8. The number of aryl methyl sites for hydroxylation is 1. The minimum atomic E-state index is -4.81. The number of amidine groups is 1. The molecule has 0 saturated carbocycles. The first-order valence-electron chi connectivity index (χ1n) is 13.8. The number of benzene rings is 1. The predicted octanol–water partition coefficient (Wildman–Crippen LogP) is 2.35. The molecule has 3 aromatic rings. The van der Waals surface area contributed by atoms with Gasteiger partial charge < -0.3 is 35.3 Å². The van der Waals surface area contributed by atoms with Crippen LogP contribution in [0.25, 0.3) is 11.3 Å². The number of carboxylic acid groups (broad SMARTS) is 1. The average molecular weight is 672 g/mol. The van der Waals surface area contributed by atoms with Gasteiger partial charge in [-0.1, -0.05) is 11.6 Å². The molecule has 248 valence electrons. The van der Waals surface area contributed by atoms with E-state index < -0.39 is 24.5 Å². The number of imidazole rings is 1. The molecule has 14 nitrogen and oxygen atoms in total. The van der Waals surface area contributed by atoms with E-state index in [4.69, 9.17) is 32.0 Å². The molecule has 2 aromatic heterocycles. The van der Waals surface area contributed by atoms with Gasteiger partial charge in [-0.05, 0) is 18.2 Å². The quantitative estimate of drug-likeness (QED) is 0.252. The number of ether oxygens (including phenoxy) is 1. The molecule has 4 N–H and O–H groups in total. The zero-order chi connectivity index (χ0) is 33.6. The number of alkyl halides is 4. The Hall–Kier alpha value is -4.71. The summed E-state index contributed by atoms with van der Waals surface area (Å²) in [5.74, 6) is -1.19. The number of halogens is 5. The van der Waals surface area contributed by atoms with Crippen molar-refractivity contribution in [2.45, 2.75) is 18.8 Å². The van der Waals surface area contributed by atoms with Crippen LogP contribution in [0.3, 0.4) is 0 Å². The highest BCUT2D eigenvalue weighted by Gasteiger charge is 2.38. The largest absolute Gasteiger partial charge is 0.483 e. The molecule has 0 bridgehead atoms. The van der Waals surface area contributed by atoms with Crippen LogP contribution < -0.4 is 11.1 Å². The molecule has 2 amide bonds. The second kappa shape index (κ2) is 14.6. The Morgan fingerprint density at radius 2 is 1.93 bits per heavy atom. The summed E-state index contributed by atoms with van der Waals surface area (Å²) >= 11 is 6.42. The minimum absolute atomic E-state index is 0.0348. The van der Waals surface area contributed by atoms with Crippen molar-refractivity contribution in [1.29, 1.82) is 0 Å². The molecule has 46 heavy (non-hydrogen) atoms. The van der Waals surface area contributed by atoms with Gasteiger partial charge in [0.1, 0.15) is 19.3 Å². The summed E-state index contributed by atoms with van der Waals surface area (Å²) in [6, 6.07) is 4.86. The lowest BCUT2D eigenvalue weighted by atomic mass is 10.1. The van der Waals surface area contributed by atoms with E-state index in [1.807, 2.05) is 4.90 Å². The molecular formula is C27H30ClF4N9O5. The van der Waals surface area contributed by atoms with E-state index in [1.165, 1.54) is 29.8 Å². The molecule has 4 heterocycles. The van der Waals surface area contributed by atoms with Crippen LogP contribution in [0, 0.1) is 0 Å². The summed E-state index contributed by atoms with van der Waals surface area (Å²) < 4.78 is 61.1. The molecule has 1 unspecified atom stereocenters. The first kappa shape index (κ1) is 34.2. The van der Waals surface area contributed by atoms with Crippen molar-refractivity contribution in [3.63, 3.8) is 0 Å². The van der Waals surface area contributed by atoms with Crippen molar-refractivity contribution >= 4 is 41.6 Å². The number of amides is 2. The maximum absolute atomic E-state index is 13.6. The standard InChI is InChI=1S/C26H28ClF4N9O3.CH2O2/c1-37-20(18-13-40(5-4-28)36-21(18)26(29,30)31)12-33-22(37)23(41)34-15-2-3-17(19(27)10-15)24(42)38-6-8-39(9-7-38)25-35-16(11-32)14-43-25;2-1-3/h2-3,10,12-13,16H,4-9,11,14,32H2,1H3,(H,34,41);1H,(H,2,3). The number of aromatic nitrogens is 4. The molecule has 5 rings (SSSR count). The zero-order valence-corrected chi connectivity index (χ0v) is 25.1. The topological polar surface area (TPSA) is 173 Å². The lowest BCUT2D eigenvalue weighted by Crippen LogP contribution is -2.50. The normalized spacial score (nSPS) is 16.3. The molecule has 1 atom stereocenters. The fraction of sp³-hybridized carbons (Fsp3) is 0.407. The highest BCUT2D eigenvalue weighted by Crippen LogP contribution is 2.36. The summed E-state index contributed by atoms with van der Waals surface area (Å²) in [7, 11) is 1.38. The number of hydrogen-bond acceptors (Lipinski definition) is 9. The molecule has 1 fully saturated rings. The highest BCUT2D eigenvalue weighted by atomic mass is 35.5. The Balaban J connectivity index is 0.00000154. The number of carbonyl (C=O) groups excluding carboxylic acids is 2. The van der Waals surface area contributed by atoms with Crippen LogP contribution in [0.5, 0.6) is 0 Å². The summed E-state index contributed by atoms with van der Waals surface area (Å²) in [5, 5.41) is 13.0. The van der Waals surface area contributed by atoms with E-state index in [-0.39, 0.29) is 58.3 Å². The van der Waals surface area contributed by atoms with Crippen molar-refractivity contribution < 1.29 is 41.8 Å². The third-order valence-corrected chi connectivity index (χ3v) is 7.39. The summed E-state index contributed by atoms with van der Waals surface area (Å²) in [6.45, 7) is 1.24. The van der Waals surface area contributed by atoms with Gasteiger partial charge in [-0.15, -0.1) is 0 Å². The smallest absolute Gasteiger partial charge is 0.435 e. The second-order valence-electron chi connectivity index (χ2n) is 10.0. The number of carbonyl (C=O) groups is 3. The van der Waals surface area contributed by atoms with Crippen LogP contribution in [0.2, 0.25) is 5.02 Å². The van der Waals surface area contributed by atoms with E-state index in [1.54, 1.807) is 4.90 Å². The lowest BCUT2D eigenvalue weighted by molar-refractivity contribution is -0.141. The van der Waals surface area contributed by atoms with Crippen LogP contribution in [0.4, 0.5) is 23.2 Å². The predicted molar refractivity (Wildman–Crippen MR) is 157 cm³/mol. The third kappa shape index (κ3) is 7.56. The van der Waals surface area contributed by atoms with Gasteiger partial charge in [-0.25, -0.2) is 14.4 Å². The molecule has 2 aliphatic rings. The number of rotatable bonds is 7. The first-order valence-corrected chi connectivity index (χ1v) is 14.2. The van der Waals surface area contributed by atoms with Crippen LogP contribution in [0.1, 0.15) is 26.7 Å². The number of nitrogens with zero attached hydrogens (tertiary/aromatic N) is 7. The first-order chi connectivity index (χ1) is 21.9. The average Bonchev–Trinajstić information content (AvgIpc) is 3.76. The summed E-state index contributed by atoms with van der Waals surface area (Å²) in [6.07, 6.45) is -2.64. The fourth-order valence-electron chi connectivity index (χ4n) is 4.81. The van der Waals surface area contributed by atoms with Gasteiger partial charge in [0, 0.05) is 51.7 Å².